The van der Waals surface area contributed by atoms with Crippen molar-refractivity contribution in [3.05, 3.63) is 12.3 Å². The number of primary amides is 1. The number of hydrazine groups is 1. The van der Waals surface area contributed by atoms with Crippen LogP contribution in [0.3, 0.4) is 0 Å². The van der Waals surface area contributed by atoms with Gasteiger partial charge in [-0.1, -0.05) is 13.0 Å². The fraction of sp³-hybridized carbons (Fsp3) is 0.333. The first kappa shape index (κ1) is 10.3. The minimum atomic E-state index is -0.815. The zero-order chi connectivity index (χ0) is 9.40. The first-order valence-electron chi connectivity index (χ1n) is 3.43. The van der Waals surface area contributed by atoms with Crippen LogP contribution in [0, 0.1) is 0 Å². The van der Waals surface area contributed by atoms with E-state index in [-0.39, 0.29) is 0 Å². The standard InChI is InChI=1S/C6H12N4O2/c1-2-3-4-8-6(12)10-9-5(7)11/h3-4H,2H2,1H3,(H3,7,9,11)(H2,8,10,12). The number of nitrogens with two attached hydrogens (primary N) is 1. The van der Waals surface area contributed by atoms with Crippen molar-refractivity contribution in [2.24, 2.45) is 5.73 Å². The molecule has 0 radical (unpaired) electrons. The first-order valence-corrected chi connectivity index (χ1v) is 3.43. The highest BCUT2D eigenvalue weighted by molar-refractivity contribution is 5.79. The van der Waals surface area contributed by atoms with Crippen LogP contribution in [0.25, 0.3) is 0 Å². The minimum absolute atomic E-state index is 0.543. The summed E-state index contributed by atoms with van der Waals surface area (Å²) in [6.07, 6.45) is 4.05. The zero-order valence-electron chi connectivity index (χ0n) is 6.76. The summed E-state index contributed by atoms with van der Waals surface area (Å²) >= 11 is 0. The molecule has 68 valence electrons. The molecule has 0 fully saturated rings. The molecule has 0 heterocycles. The van der Waals surface area contributed by atoms with Gasteiger partial charge < -0.3 is 11.1 Å². The summed E-state index contributed by atoms with van der Waals surface area (Å²) in [4.78, 5) is 20.8. The lowest BCUT2D eigenvalue weighted by Crippen LogP contribution is -2.47. The third-order valence-corrected chi connectivity index (χ3v) is 0.867. The van der Waals surface area contributed by atoms with E-state index >= 15 is 0 Å². The lowest BCUT2D eigenvalue weighted by molar-refractivity contribution is 0.230. The zero-order valence-corrected chi connectivity index (χ0v) is 6.76. The highest BCUT2D eigenvalue weighted by Crippen LogP contribution is 1.74. The summed E-state index contributed by atoms with van der Waals surface area (Å²) < 4.78 is 0. The van der Waals surface area contributed by atoms with Gasteiger partial charge in [-0.05, 0) is 6.42 Å². The molecular weight excluding hydrogens is 160 g/mol. The summed E-state index contributed by atoms with van der Waals surface area (Å²) in [5.41, 5.74) is 8.62. The van der Waals surface area contributed by atoms with E-state index < -0.39 is 12.1 Å². The summed E-state index contributed by atoms with van der Waals surface area (Å²) in [6, 6.07) is -1.36. The quantitative estimate of drug-likeness (QED) is 0.434. The van der Waals surface area contributed by atoms with Crippen molar-refractivity contribution >= 4 is 12.1 Å². The Morgan fingerprint density at radius 2 is 2.08 bits per heavy atom. The molecule has 0 rings (SSSR count). The fourth-order valence-corrected chi connectivity index (χ4v) is 0.407. The maximum absolute atomic E-state index is 10.7. The number of allylic oxidation sites excluding steroid dienone is 1. The van der Waals surface area contributed by atoms with Gasteiger partial charge in [-0.3, -0.25) is 0 Å². The van der Waals surface area contributed by atoms with Crippen molar-refractivity contribution in [2.45, 2.75) is 13.3 Å². The smallest absolute Gasteiger partial charge is 0.337 e. The molecule has 0 bridgehead atoms. The number of amides is 4. The molecule has 6 heteroatoms. The van der Waals surface area contributed by atoms with Crippen LogP contribution in [0.5, 0.6) is 0 Å². The second kappa shape index (κ2) is 6.02. The topological polar surface area (TPSA) is 96.2 Å². The SMILES string of the molecule is CCC=CNC(=O)NNC(N)=O. The number of carbonyl (C=O) groups excluding carboxylic acids is 2. The van der Waals surface area contributed by atoms with Gasteiger partial charge >= 0.3 is 12.1 Å². The first-order chi connectivity index (χ1) is 5.66. The normalized spacial score (nSPS) is 9.42. The Bertz CT molecular complexity index is 190. The van der Waals surface area contributed by atoms with Gasteiger partial charge in [-0.25, -0.2) is 20.4 Å². The maximum Gasteiger partial charge on any atom is 0.337 e. The highest BCUT2D eigenvalue weighted by atomic mass is 16.2. The van der Waals surface area contributed by atoms with E-state index in [1.54, 1.807) is 6.08 Å². The second-order valence-corrected chi connectivity index (χ2v) is 1.90. The van der Waals surface area contributed by atoms with E-state index in [2.05, 4.69) is 11.1 Å². The van der Waals surface area contributed by atoms with Gasteiger partial charge in [-0.2, -0.15) is 0 Å². The van der Waals surface area contributed by atoms with Gasteiger partial charge in [-0.15, -0.1) is 0 Å². The number of urea groups is 2. The average Bonchev–Trinajstić information content (AvgIpc) is 2.01. The fourth-order valence-electron chi connectivity index (χ4n) is 0.407. The Morgan fingerprint density at radius 3 is 2.58 bits per heavy atom. The van der Waals surface area contributed by atoms with Crippen molar-refractivity contribution in [3.8, 4) is 0 Å². The molecule has 0 aromatic carbocycles. The van der Waals surface area contributed by atoms with Crippen LogP contribution < -0.4 is 21.9 Å². The predicted octanol–water partition coefficient (Wildman–Crippen LogP) is -0.207. The van der Waals surface area contributed by atoms with E-state index in [1.165, 1.54) is 6.20 Å². The molecule has 0 atom stereocenters. The number of rotatable bonds is 2. The van der Waals surface area contributed by atoms with E-state index in [0.717, 1.165) is 6.42 Å². The third kappa shape index (κ3) is 6.40. The average molecular weight is 172 g/mol. The number of hydrogen-bond donors (Lipinski definition) is 4. The Morgan fingerprint density at radius 1 is 1.42 bits per heavy atom. The summed E-state index contributed by atoms with van der Waals surface area (Å²) in [7, 11) is 0. The highest BCUT2D eigenvalue weighted by Gasteiger charge is 1.95. The largest absolute Gasteiger partial charge is 0.350 e. The molecule has 0 spiro atoms. The lowest BCUT2D eigenvalue weighted by Gasteiger charge is -2.02. The van der Waals surface area contributed by atoms with Gasteiger partial charge in [0.1, 0.15) is 0 Å². The van der Waals surface area contributed by atoms with Gasteiger partial charge in [0.05, 0.1) is 0 Å². The molecule has 5 N–H and O–H groups in total. The van der Waals surface area contributed by atoms with E-state index in [9.17, 15) is 9.59 Å². The third-order valence-electron chi connectivity index (χ3n) is 0.867. The molecule has 0 aromatic rings. The molecular formula is C6H12N4O2. The molecule has 0 aliphatic rings. The van der Waals surface area contributed by atoms with Crippen LogP contribution in [0.1, 0.15) is 13.3 Å². The maximum atomic E-state index is 10.7. The molecule has 0 aliphatic carbocycles. The van der Waals surface area contributed by atoms with Crippen LogP contribution in [0.4, 0.5) is 9.59 Å². The number of nitrogens with one attached hydrogen (secondary N) is 3. The molecule has 12 heavy (non-hydrogen) atoms. The van der Waals surface area contributed by atoms with Crippen LogP contribution in [-0.4, -0.2) is 12.1 Å². The van der Waals surface area contributed by atoms with Gasteiger partial charge in [0, 0.05) is 6.20 Å². The van der Waals surface area contributed by atoms with E-state index in [1.807, 2.05) is 17.8 Å². The Kier molecular flexibility index (Phi) is 5.16. The van der Waals surface area contributed by atoms with Crippen molar-refractivity contribution in [2.75, 3.05) is 0 Å². The molecule has 0 unspecified atom stereocenters. The van der Waals surface area contributed by atoms with Gasteiger partial charge in [0.15, 0.2) is 0 Å². The molecule has 0 saturated heterocycles. The molecule has 6 nitrogen and oxygen atoms in total. The van der Waals surface area contributed by atoms with E-state index in [4.69, 9.17) is 0 Å². The van der Waals surface area contributed by atoms with Crippen molar-refractivity contribution in [1.29, 1.82) is 0 Å². The van der Waals surface area contributed by atoms with Crippen LogP contribution in [0.15, 0.2) is 12.3 Å². The molecule has 4 amide bonds. The van der Waals surface area contributed by atoms with Crippen LogP contribution in [-0.2, 0) is 0 Å². The second-order valence-electron chi connectivity index (χ2n) is 1.90. The van der Waals surface area contributed by atoms with Crippen molar-refractivity contribution in [1.82, 2.24) is 16.2 Å². The minimum Gasteiger partial charge on any atom is -0.350 e. The predicted molar refractivity (Wildman–Crippen MR) is 43.8 cm³/mol. The molecule has 0 aliphatic heterocycles. The Hall–Kier alpha value is -1.72. The number of hydrogen-bond acceptors (Lipinski definition) is 2. The van der Waals surface area contributed by atoms with E-state index in [0.29, 0.717) is 0 Å². The summed E-state index contributed by atoms with van der Waals surface area (Å²) in [5, 5.41) is 2.34. The molecule has 0 saturated carbocycles. The summed E-state index contributed by atoms with van der Waals surface area (Å²) in [5.74, 6) is 0. The molecule has 0 aromatic heterocycles. The Labute approximate surface area is 70.2 Å². The summed E-state index contributed by atoms with van der Waals surface area (Å²) in [6.45, 7) is 1.93. The van der Waals surface area contributed by atoms with Crippen LogP contribution >= 0.6 is 0 Å². The number of carbonyl (C=O) groups is 2. The Balaban J connectivity index is 3.46. The monoisotopic (exact) mass is 172 g/mol. The van der Waals surface area contributed by atoms with Gasteiger partial charge in [0.2, 0.25) is 0 Å². The lowest BCUT2D eigenvalue weighted by atomic mass is 10.5. The van der Waals surface area contributed by atoms with Crippen molar-refractivity contribution < 1.29 is 9.59 Å². The van der Waals surface area contributed by atoms with Crippen LogP contribution in [0.2, 0.25) is 0 Å². The van der Waals surface area contributed by atoms with Gasteiger partial charge in [0.25, 0.3) is 0 Å². The van der Waals surface area contributed by atoms with Crippen molar-refractivity contribution in [3.63, 3.8) is 0 Å².